The smallest absolute Gasteiger partial charge is 0.266 e. The molecule has 3 N–H and O–H groups in total. The van der Waals surface area contributed by atoms with Gasteiger partial charge < -0.3 is 10.2 Å². The molecule has 0 aliphatic carbocycles. The zero-order valence-corrected chi connectivity index (χ0v) is 15.0. The molecule has 0 unspecified atom stereocenters. The van der Waals surface area contributed by atoms with Crippen LogP contribution in [0.5, 0.6) is 0 Å². The third-order valence-corrected chi connectivity index (χ3v) is 4.61. The summed E-state index contributed by atoms with van der Waals surface area (Å²) in [5, 5.41) is 19.2. The van der Waals surface area contributed by atoms with E-state index < -0.39 is 22.3 Å². The van der Waals surface area contributed by atoms with Crippen molar-refractivity contribution in [2.24, 2.45) is 0 Å². The van der Waals surface area contributed by atoms with E-state index in [1.165, 1.54) is 0 Å². The molecular formula is C14H31N3O5S. The summed E-state index contributed by atoms with van der Waals surface area (Å²) in [5.74, 6) is -0.278. The van der Waals surface area contributed by atoms with Crippen LogP contribution in [0.4, 0.5) is 0 Å². The standard InChI is InChI=1S/C14H31N3O5S/c1-13(18)11-16-5-3-15(9-10-23(20,21)22)4-6-17(8-7-16)12-14(2)19/h13-14,18-19H,3-12H2,1-2H3,(H,20,21,22)/t13-,14-/m0/s1. The molecule has 9 heteroatoms. The van der Waals surface area contributed by atoms with Crippen molar-refractivity contribution in [3.8, 4) is 0 Å². The number of aliphatic hydroxyl groups excluding tert-OH is 2. The van der Waals surface area contributed by atoms with Gasteiger partial charge in [0.1, 0.15) is 0 Å². The Morgan fingerprint density at radius 2 is 1.17 bits per heavy atom. The van der Waals surface area contributed by atoms with Gasteiger partial charge in [-0.2, -0.15) is 8.42 Å². The highest BCUT2D eigenvalue weighted by molar-refractivity contribution is 7.85. The Balaban J connectivity index is 2.66. The average molecular weight is 353 g/mol. The average Bonchev–Trinajstić information content (AvgIpc) is 2.47. The van der Waals surface area contributed by atoms with Crippen LogP contribution in [0, 0.1) is 0 Å². The Bertz CT molecular complexity index is 408. The van der Waals surface area contributed by atoms with Gasteiger partial charge in [-0.05, 0) is 13.8 Å². The van der Waals surface area contributed by atoms with Crippen molar-refractivity contribution < 1.29 is 23.2 Å². The lowest BCUT2D eigenvalue weighted by Crippen LogP contribution is -2.41. The van der Waals surface area contributed by atoms with Gasteiger partial charge in [0, 0.05) is 58.9 Å². The van der Waals surface area contributed by atoms with E-state index in [1.54, 1.807) is 13.8 Å². The van der Waals surface area contributed by atoms with Crippen molar-refractivity contribution in [2.75, 3.05) is 64.7 Å². The molecular weight excluding hydrogens is 322 g/mol. The van der Waals surface area contributed by atoms with E-state index in [-0.39, 0.29) is 12.3 Å². The van der Waals surface area contributed by atoms with Crippen molar-refractivity contribution in [2.45, 2.75) is 26.1 Å². The molecule has 0 aromatic carbocycles. The summed E-state index contributed by atoms with van der Waals surface area (Å²) >= 11 is 0. The number of aliphatic hydroxyl groups is 2. The Morgan fingerprint density at radius 1 is 0.826 bits per heavy atom. The Morgan fingerprint density at radius 3 is 1.48 bits per heavy atom. The molecule has 1 aliphatic heterocycles. The normalized spacial score (nSPS) is 23.0. The van der Waals surface area contributed by atoms with E-state index in [9.17, 15) is 18.6 Å². The van der Waals surface area contributed by atoms with Crippen LogP contribution in [0.25, 0.3) is 0 Å². The lowest BCUT2D eigenvalue weighted by molar-refractivity contribution is 0.102. The topological polar surface area (TPSA) is 105 Å². The summed E-state index contributed by atoms with van der Waals surface area (Å²) < 4.78 is 30.8. The van der Waals surface area contributed by atoms with Gasteiger partial charge in [0.2, 0.25) is 0 Å². The largest absolute Gasteiger partial charge is 0.392 e. The van der Waals surface area contributed by atoms with Crippen molar-refractivity contribution in [3.05, 3.63) is 0 Å². The van der Waals surface area contributed by atoms with E-state index in [0.717, 1.165) is 26.2 Å². The van der Waals surface area contributed by atoms with E-state index in [4.69, 9.17) is 4.55 Å². The van der Waals surface area contributed by atoms with Crippen molar-refractivity contribution in [3.63, 3.8) is 0 Å². The predicted molar refractivity (Wildman–Crippen MR) is 89.1 cm³/mol. The van der Waals surface area contributed by atoms with Gasteiger partial charge in [-0.25, -0.2) is 0 Å². The van der Waals surface area contributed by atoms with Crippen LogP contribution in [-0.4, -0.2) is 115 Å². The second kappa shape index (κ2) is 9.87. The molecule has 2 atom stereocenters. The maximum atomic E-state index is 11.0. The lowest BCUT2D eigenvalue weighted by atomic mass is 10.3. The van der Waals surface area contributed by atoms with Crippen LogP contribution in [-0.2, 0) is 10.1 Å². The summed E-state index contributed by atoms with van der Waals surface area (Å²) in [5.41, 5.74) is 0. The first-order valence-electron chi connectivity index (χ1n) is 8.14. The van der Waals surface area contributed by atoms with E-state index in [1.807, 2.05) is 4.90 Å². The molecule has 1 aliphatic rings. The van der Waals surface area contributed by atoms with Crippen LogP contribution in [0.3, 0.4) is 0 Å². The highest BCUT2D eigenvalue weighted by atomic mass is 32.2. The maximum Gasteiger partial charge on any atom is 0.266 e. The molecule has 0 saturated carbocycles. The highest BCUT2D eigenvalue weighted by Crippen LogP contribution is 2.03. The fraction of sp³-hybridized carbons (Fsp3) is 1.00. The van der Waals surface area contributed by atoms with Crippen LogP contribution in [0.2, 0.25) is 0 Å². The van der Waals surface area contributed by atoms with Gasteiger partial charge in [0.05, 0.1) is 18.0 Å². The fourth-order valence-electron chi connectivity index (χ4n) is 2.76. The first-order valence-corrected chi connectivity index (χ1v) is 9.75. The lowest BCUT2D eigenvalue weighted by Gasteiger charge is -2.27. The van der Waals surface area contributed by atoms with Crippen molar-refractivity contribution in [1.29, 1.82) is 0 Å². The number of β-amino-alcohol motifs (C(OH)–C–C–N with tert-alkyl or cyclic N) is 2. The van der Waals surface area contributed by atoms with Crippen molar-refractivity contribution >= 4 is 10.1 Å². The number of hydrogen-bond donors (Lipinski definition) is 3. The molecule has 1 heterocycles. The van der Waals surface area contributed by atoms with E-state index >= 15 is 0 Å². The molecule has 0 aromatic rings. The molecule has 138 valence electrons. The van der Waals surface area contributed by atoms with Crippen LogP contribution < -0.4 is 0 Å². The van der Waals surface area contributed by atoms with Crippen molar-refractivity contribution in [1.82, 2.24) is 14.7 Å². The first-order chi connectivity index (χ1) is 10.7. The third-order valence-electron chi connectivity index (χ3n) is 3.91. The van der Waals surface area contributed by atoms with Crippen LogP contribution in [0.15, 0.2) is 0 Å². The predicted octanol–water partition coefficient (Wildman–Crippen LogP) is -1.44. The van der Waals surface area contributed by atoms with Gasteiger partial charge in [0.15, 0.2) is 0 Å². The second-order valence-electron chi connectivity index (χ2n) is 6.43. The minimum Gasteiger partial charge on any atom is -0.392 e. The Labute approximate surface area is 139 Å². The maximum absolute atomic E-state index is 11.0. The number of nitrogens with zero attached hydrogens (tertiary/aromatic N) is 3. The molecule has 0 bridgehead atoms. The third kappa shape index (κ3) is 10.2. The fourth-order valence-corrected chi connectivity index (χ4v) is 3.25. The quantitative estimate of drug-likeness (QED) is 0.478. The molecule has 0 spiro atoms. The van der Waals surface area contributed by atoms with Gasteiger partial charge in [0.25, 0.3) is 10.1 Å². The summed E-state index contributed by atoms with van der Waals surface area (Å²) in [6.45, 7) is 9.33. The number of hydrogen-bond acceptors (Lipinski definition) is 7. The zero-order chi connectivity index (χ0) is 17.5. The first kappa shape index (κ1) is 20.8. The molecule has 1 fully saturated rings. The Kier molecular flexibility index (Phi) is 8.91. The summed E-state index contributed by atoms with van der Waals surface area (Å²) in [4.78, 5) is 6.29. The summed E-state index contributed by atoms with van der Waals surface area (Å²) in [6.07, 6.45) is -0.848. The van der Waals surface area contributed by atoms with E-state index in [2.05, 4.69) is 9.80 Å². The molecule has 0 aromatic heterocycles. The second-order valence-corrected chi connectivity index (χ2v) is 8.00. The van der Waals surface area contributed by atoms with Gasteiger partial charge in [-0.1, -0.05) is 0 Å². The molecule has 0 radical (unpaired) electrons. The monoisotopic (exact) mass is 353 g/mol. The van der Waals surface area contributed by atoms with E-state index in [0.29, 0.717) is 26.2 Å². The van der Waals surface area contributed by atoms with Gasteiger partial charge >= 0.3 is 0 Å². The molecule has 23 heavy (non-hydrogen) atoms. The molecule has 8 nitrogen and oxygen atoms in total. The summed E-state index contributed by atoms with van der Waals surface area (Å²) in [7, 11) is -3.97. The molecule has 1 saturated heterocycles. The number of rotatable bonds is 7. The van der Waals surface area contributed by atoms with Crippen LogP contribution in [0.1, 0.15) is 13.8 Å². The highest BCUT2D eigenvalue weighted by Gasteiger charge is 2.19. The summed E-state index contributed by atoms with van der Waals surface area (Å²) in [6, 6.07) is 0. The minimum atomic E-state index is -3.97. The van der Waals surface area contributed by atoms with Gasteiger partial charge in [-0.15, -0.1) is 0 Å². The zero-order valence-electron chi connectivity index (χ0n) is 14.1. The van der Waals surface area contributed by atoms with Crippen LogP contribution >= 0.6 is 0 Å². The minimum absolute atomic E-state index is 0.278. The SMILES string of the molecule is C[C@H](O)CN1CCN(CCS(=O)(=O)O)CCN(C[C@H](C)O)CC1. The molecule has 1 rings (SSSR count). The molecule has 0 amide bonds. The van der Waals surface area contributed by atoms with Gasteiger partial charge in [-0.3, -0.25) is 19.3 Å². The Hall–Kier alpha value is -0.290.